The van der Waals surface area contributed by atoms with Gasteiger partial charge >= 0.3 is 5.97 Å². The Morgan fingerprint density at radius 3 is 1.95 bits per heavy atom. The first-order chi connectivity index (χ1) is 17.3. The zero-order chi connectivity index (χ0) is 28.3. The second kappa shape index (κ2) is 14.8. The fourth-order valence-electron chi connectivity index (χ4n) is 3.45. The Kier molecular flexibility index (Phi) is 12.5. The Labute approximate surface area is 216 Å². The predicted molar refractivity (Wildman–Crippen MR) is 136 cm³/mol. The van der Waals surface area contributed by atoms with Gasteiger partial charge in [0.25, 0.3) is 0 Å². The minimum absolute atomic E-state index is 0.0188. The van der Waals surface area contributed by atoms with Gasteiger partial charge in [0, 0.05) is 12.8 Å². The number of nitrogens with one attached hydrogen (secondary N) is 3. The molecule has 5 unspecified atom stereocenters. The highest BCUT2D eigenvalue weighted by atomic mass is 16.4. The van der Waals surface area contributed by atoms with E-state index in [1.165, 1.54) is 24.3 Å². The van der Waals surface area contributed by atoms with E-state index in [0.29, 0.717) is 12.0 Å². The molecule has 0 heterocycles. The molecule has 0 fully saturated rings. The lowest BCUT2D eigenvalue weighted by molar-refractivity contribution is -0.142. The first-order valence-electron chi connectivity index (χ1n) is 12.2. The number of carboxylic acid groups (broad SMARTS) is 1. The van der Waals surface area contributed by atoms with Crippen molar-refractivity contribution >= 4 is 29.6 Å². The minimum Gasteiger partial charge on any atom is -0.508 e. The molecule has 206 valence electrons. The van der Waals surface area contributed by atoms with Gasteiger partial charge in [0.1, 0.15) is 23.9 Å². The summed E-state index contributed by atoms with van der Waals surface area (Å²) in [5.74, 6) is -4.57. The number of aliphatic carboxylic acids is 1. The molecule has 12 heteroatoms. The first kappa shape index (κ1) is 31.4. The predicted octanol–water partition coefficient (Wildman–Crippen LogP) is -0.231. The number of phenols is 1. The minimum atomic E-state index is -1.30. The summed E-state index contributed by atoms with van der Waals surface area (Å²) in [6, 6.07) is 1.39. The number of hydrogen-bond donors (Lipinski definition) is 7. The molecular weight excluding hydrogens is 482 g/mol. The normalized spacial score (nSPS) is 15.1. The monoisotopic (exact) mass is 521 g/mol. The molecular formula is C25H39N5O7. The van der Waals surface area contributed by atoms with Crippen LogP contribution in [0.4, 0.5) is 0 Å². The van der Waals surface area contributed by atoms with E-state index < -0.39 is 59.7 Å². The van der Waals surface area contributed by atoms with Crippen molar-refractivity contribution in [3.05, 3.63) is 29.8 Å². The van der Waals surface area contributed by atoms with Crippen molar-refractivity contribution in [2.45, 2.75) is 77.5 Å². The van der Waals surface area contributed by atoms with Crippen LogP contribution in [0, 0.1) is 11.8 Å². The van der Waals surface area contributed by atoms with Crippen molar-refractivity contribution in [1.29, 1.82) is 0 Å². The van der Waals surface area contributed by atoms with Crippen LogP contribution in [0.15, 0.2) is 24.3 Å². The summed E-state index contributed by atoms with van der Waals surface area (Å²) in [6.45, 7) is 6.98. The van der Waals surface area contributed by atoms with E-state index in [-0.39, 0.29) is 30.9 Å². The summed E-state index contributed by atoms with van der Waals surface area (Å²) in [6.07, 6.45) is 0.288. The van der Waals surface area contributed by atoms with E-state index in [1.54, 1.807) is 20.8 Å². The highest BCUT2D eigenvalue weighted by molar-refractivity contribution is 5.94. The van der Waals surface area contributed by atoms with Gasteiger partial charge in [0.05, 0.1) is 6.04 Å². The quantitative estimate of drug-likeness (QED) is 0.163. The zero-order valence-electron chi connectivity index (χ0n) is 21.7. The van der Waals surface area contributed by atoms with Crippen LogP contribution < -0.4 is 27.4 Å². The van der Waals surface area contributed by atoms with E-state index in [2.05, 4.69) is 16.0 Å². The summed E-state index contributed by atoms with van der Waals surface area (Å²) in [7, 11) is 0. The summed E-state index contributed by atoms with van der Waals surface area (Å²) < 4.78 is 0. The van der Waals surface area contributed by atoms with Crippen molar-refractivity contribution in [2.24, 2.45) is 23.3 Å². The number of nitrogens with two attached hydrogens (primary N) is 2. The van der Waals surface area contributed by atoms with Crippen LogP contribution >= 0.6 is 0 Å². The summed E-state index contributed by atoms with van der Waals surface area (Å²) in [5.41, 5.74) is 11.7. The Morgan fingerprint density at radius 2 is 1.46 bits per heavy atom. The van der Waals surface area contributed by atoms with Gasteiger partial charge in [-0.05, 0) is 36.0 Å². The molecule has 1 rings (SSSR count). The third kappa shape index (κ3) is 10.5. The molecule has 4 amide bonds. The van der Waals surface area contributed by atoms with Crippen LogP contribution in [0.3, 0.4) is 0 Å². The van der Waals surface area contributed by atoms with Crippen LogP contribution in [0.1, 0.15) is 52.5 Å². The average molecular weight is 522 g/mol. The van der Waals surface area contributed by atoms with Gasteiger partial charge in [0.2, 0.25) is 23.6 Å². The molecule has 0 aliphatic heterocycles. The number of carboxylic acids is 1. The first-order valence-corrected chi connectivity index (χ1v) is 12.2. The van der Waals surface area contributed by atoms with Crippen molar-refractivity contribution in [1.82, 2.24) is 16.0 Å². The second-order valence-electron chi connectivity index (χ2n) is 9.48. The molecule has 37 heavy (non-hydrogen) atoms. The molecule has 0 aliphatic rings. The van der Waals surface area contributed by atoms with Gasteiger partial charge in [-0.1, -0.05) is 46.2 Å². The van der Waals surface area contributed by atoms with Crippen molar-refractivity contribution in [2.75, 3.05) is 0 Å². The van der Waals surface area contributed by atoms with Gasteiger partial charge in [0.15, 0.2) is 0 Å². The van der Waals surface area contributed by atoms with Gasteiger partial charge in [-0.2, -0.15) is 0 Å². The van der Waals surface area contributed by atoms with Crippen molar-refractivity contribution in [3.8, 4) is 5.75 Å². The van der Waals surface area contributed by atoms with E-state index in [9.17, 15) is 34.2 Å². The molecule has 0 bridgehead atoms. The van der Waals surface area contributed by atoms with Crippen molar-refractivity contribution in [3.63, 3.8) is 0 Å². The van der Waals surface area contributed by atoms with Crippen molar-refractivity contribution < 1.29 is 34.2 Å². The van der Waals surface area contributed by atoms with Crippen LogP contribution in [0.2, 0.25) is 0 Å². The van der Waals surface area contributed by atoms with Gasteiger partial charge in [-0.25, -0.2) is 4.79 Å². The lowest BCUT2D eigenvalue weighted by Gasteiger charge is -2.27. The average Bonchev–Trinajstić information content (AvgIpc) is 2.83. The SMILES string of the molecule is CCC(C)C(N)C(=O)NC(CCC(N)=O)C(=O)NC(C(=O)NC(Cc1ccc(O)cc1)C(=O)O)C(C)C. The number of hydrogen-bond acceptors (Lipinski definition) is 7. The smallest absolute Gasteiger partial charge is 0.326 e. The number of rotatable bonds is 15. The van der Waals surface area contributed by atoms with Crippen LogP contribution in [-0.2, 0) is 30.4 Å². The van der Waals surface area contributed by atoms with E-state index in [0.717, 1.165) is 0 Å². The molecule has 5 atom stereocenters. The zero-order valence-corrected chi connectivity index (χ0v) is 21.7. The molecule has 0 aromatic heterocycles. The lowest BCUT2D eigenvalue weighted by atomic mass is 9.98. The Morgan fingerprint density at radius 1 is 0.892 bits per heavy atom. The van der Waals surface area contributed by atoms with Gasteiger partial charge in [-0.15, -0.1) is 0 Å². The molecule has 0 saturated heterocycles. The van der Waals surface area contributed by atoms with E-state index in [4.69, 9.17) is 11.5 Å². The number of carbonyl (C=O) groups is 5. The fourth-order valence-corrected chi connectivity index (χ4v) is 3.45. The number of primary amides is 1. The fraction of sp³-hybridized carbons (Fsp3) is 0.560. The van der Waals surface area contributed by atoms with Crippen LogP contribution in [0.25, 0.3) is 0 Å². The molecule has 1 aromatic carbocycles. The summed E-state index contributed by atoms with van der Waals surface area (Å²) in [5, 5.41) is 26.6. The molecule has 12 nitrogen and oxygen atoms in total. The third-order valence-electron chi connectivity index (χ3n) is 6.11. The Hall–Kier alpha value is -3.67. The van der Waals surface area contributed by atoms with Crippen LogP contribution in [-0.4, -0.2) is 64.0 Å². The number of phenolic OH excluding ortho intramolecular Hbond substituents is 1. The molecule has 1 aromatic rings. The number of aromatic hydroxyl groups is 1. The molecule has 0 aliphatic carbocycles. The maximum atomic E-state index is 13.1. The number of amides is 4. The molecule has 9 N–H and O–H groups in total. The number of benzene rings is 1. The highest BCUT2D eigenvalue weighted by Crippen LogP contribution is 2.13. The molecule has 0 saturated carbocycles. The maximum absolute atomic E-state index is 13.1. The summed E-state index contributed by atoms with van der Waals surface area (Å²) >= 11 is 0. The lowest BCUT2D eigenvalue weighted by Crippen LogP contribution is -2.59. The number of carbonyl (C=O) groups excluding carboxylic acids is 4. The van der Waals surface area contributed by atoms with E-state index in [1.807, 2.05) is 6.92 Å². The van der Waals surface area contributed by atoms with Gasteiger partial charge in [-0.3, -0.25) is 19.2 Å². The Bertz CT molecular complexity index is 951. The van der Waals surface area contributed by atoms with E-state index >= 15 is 0 Å². The standard InChI is InChI=1S/C25H39N5O7/c1-5-14(4)20(27)23(34)28-17(10-11-19(26)32)22(33)30-21(13(2)3)24(35)29-18(25(36)37)12-15-6-8-16(31)9-7-15/h6-9,13-14,17-18,20-21,31H,5,10-12,27H2,1-4H3,(H2,26,32)(H,28,34)(H,29,35)(H,30,33)(H,36,37). The third-order valence-corrected chi connectivity index (χ3v) is 6.11. The largest absolute Gasteiger partial charge is 0.508 e. The molecule has 0 spiro atoms. The highest BCUT2D eigenvalue weighted by Gasteiger charge is 2.32. The van der Waals surface area contributed by atoms with Gasteiger partial charge < -0.3 is 37.6 Å². The second-order valence-corrected chi connectivity index (χ2v) is 9.48. The summed E-state index contributed by atoms with van der Waals surface area (Å²) in [4.78, 5) is 61.8. The van der Waals surface area contributed by atoms with Crippen LogP contribution in [0.5, 0.6) is 5.75 Å². The molecule has 0 radical (unpaired) electrons. The maximum Gasteiger partial charge on any atom is 0.326 e. The topological polar surface area (TPSA) is 214 Å². The Balaban J connectivity index is 3.01.